The van der Waals surface area contributed by atoms with Crippen LogP contribution >= 0.6 is 0 Å². The van der Waals surface area contributed by atoms with E-state index in [2.05, 4.69) is 50.4 Å². The molecule has 2 heteroatoms. The summed E-state index contributed by atoms with van der Waals surface area (Å²) in [5, 5.41) is 2.98. The molecule has 1 amide bonds. The summed E-state index contributed by atoms with van der Waals surface area (Å²) in [6.45, 7) is 6.81. The van der Waals surface area contributed by atoms with Crippen molar-refractivity contribution in [1.29, 1.82) is 0 Å². The van der Waals surface area contributed by atoms with Crippen LogP contribution in [0, 0.1) is 12.8 Å². The number of rotatable bonds is 5. The molecule has 0 aliphatic rings. The van der Waals surface area contributed by atoms with Crippen LogP contribution in [0.4, 0.5) is 0 Å². The first-order valence-corrected chi connectivity index (χ1v) is 6.00. The Labute approximate surface area is 98.1 Å². The minimum atomic E-state index is 0.158. The number of aryl methyl sites for hydroxylation is 1. The standard InChI is InChI=1S/C14H21NO/c1-4-13(5-2)14(16)15-10-12-8-6-11(3)7-9-12/h6-9,13H,4-5,10H2,1-3H3,(H,15,16). The SMILES string of the molecule is CCC(CC)C(=O)NCc1ccc(C)cc1. The van der Waals surface area contributed by atoms with Crippen LogP contribution in [0.1, 0.15) is 37.8 Å². The average Bonchev–Trinajstić information content (AvgIpc) is 2.30. The Bertz CT molecular complexity index is 325. The summed E-state index contributed by atoms with van der Waals surface area (Å²) in [6.07, 6.45) is 1.83. The number of carbonyl (C=O) groups is 1. The van der Waals surface area contributed by atoms with E-state index >= 15 is 0 Å². The Hall–Kier alpha value is -1.31. The van der Waals surface area contributed by atoms with Crippen molar-refractivity contribution in [3.63, 3.8) is 0 Å². The van der Waals surface area contributed by atoms with Gasteiger partial charge in [0.05, 0.1) is 0 Å². The third-order valence-corrected chi connectivity index (χ3v) is 2.94. The molecular formula is C14H21NO. The van der Waals surface area contributed by atoms with Gasteiger partial charge in [-0.25, -0.2) is 0 Å². The average molecular weight is 219 g/mol. The van der Waals surface area contributed by atoms with E-state index in [4.69, 9.17) is 0 Å². The third kappa shape index (κ3) is 3.69. The second-order valence-corrected chi connectivity index (χ2v) is 4.22. The van der Waals surface area contributed by atoms with Crippen molar-refractivity contribution in [2.24, 2.45) is 5.92 Å². The molecule has 1 aromatic carbocycles. The van der Waals surface area contributed by atoms with Gasteiger partial charge in [-0.1, -0.05) is 43.7 Å². The van der Waals surface area contributed by atoms with Crippen LogP contribution < -0.4 is 5.32 Å². The van der Waals surface area contributed by atoms with Crippen molar-refractivity contribution in [3.8, 4) is 0 Å². The Balaban J connectivity index is 2.45. The highest BCUT2D eigenvalue weighted by atomic mass is 16.1. The van der Waals surface area contributed by atoms with Crippen molar-refractivity contribution < 1.29 is 4.79 Å². The van der Waals surface area contributed by atoms with Gasteiger partial charge >= 0.3 is 0 Å². The van der Waals surface area contributed by atoms with Gasteiger partial charge in [0.1, 0.15) is 0 Å². The fourth-order valence-corrected chi connectivity index (χ4v) is 1.70. The van der Waals surface area contributed by atoms with Crippen LogP contribution in [0.25, 0.3) is 0 Å². The van der Waals surface area contributed by atoms with E-state index in [1.807, 2.05) is 0 Å². The Morgan fingerprint density at radius 3 is 2.25 bits per heavy atom. The largest absolute Gasteiger partial charge is 0.352 e. The highest BCUT2D eigenvalue weighted by Crippen LogP contribution is 2.08. The molecule has 0 unspecified atom stereocenters. The molecule has 16 heavy (non-hydrogen) atoms. The van der Waals surface area contributed by atoms with E-state index in [1.165, 1.54) is 5.56 Å². The van der Waals surface area contributed by atoms with E-state index in [-0.39, 0.29) is 11.8 Å². The molecule has 1 rings (SSSR count). The van der Waals surface area contributed by atoms with Gasteiger partial charge in [-0.3, -0.25) is 4.79 Å². The number of hydrogen-bond acceptors (Lipinski definition) is 1. The summed E-state index contributed by atoms with van der Waals surface area (Å²) in [5.74, 6) is 0.330. The first-order valence-electron chi connectivity index (χ1n) is 6.00. The smallest absolute Gasteiger partial charge is 0.223 e. The fraction of sp³-hybridized carbons (Fsp3) is 0.500. The maximum Gasteiger partial charge on any atom is 0.223 e. The molecule has 0 saturated heterocycles. The summed E-state index contributed by atoms with van der Waals surface area (Å²) in [6, 6.07) is 8.25. The highest BCUT2D eigenvalue weighted by molar-refractivity contribution is 5.78. The van der Waals surface area contributed by atoms with E-state index in [0.717, 1.165) is 18.4 Å². The van der Waals surface area contributed by atoms with E-state index in [1.54, 1.807) is 0 Å². The molecule has 88 valence electrons. The van der Waals surface area contributed by atoms with Gasteiger partial charge in [-0.15, -0.1) is 0 Å². The second-order valence-electron chi connectivity index (χ2n) is 4.22. The summed E-state index contributed by atoms with van der Waals surface area (Å²) in [7, 11) is 0. The topological polar surface area (TPSA) is 29.1 Å². The summed E-state index contributed by atoms with van der Waals surface area (Å²) in [5.41, 5.74) is 2.40. The zero-order valence-electron chi connectivity index (χ0n) is 10.4. The Kier molecular flexibility index (Phi) is 5.03. The zero-order chi connectivity index (χ0) is 12.0. The van der Waals surface area contributed by atoms with E-state index < -0.39 is 0 Å². The molecule has 2 nitrogen and oxygen atoms in total. The molecule has 0 aliphatic heterocycles. The van der Waals surface area contributed by atoms with Gasteiger partial charge < -0.3 is 5.32 Å². The molecule has 1 N–H and O–H groups in total. The Morgan fingerprint density at radius 1 is 1.19 bits per heavy atom. The highest BCUT2D eigenvalue weighted by Gasteiger charge is 2.12. The van der Waals surface area contributed by atoms with Gasteiger partial charge in [-0.2, -0.15) is 0 Å². The zero-order valence-corrected chi connectivity index (χ0v) is 10.4. The van der Waals surface area contributed by atoms with Gasteiger partial charge in [-0.05, 0) is 25.3 Å². The molecule has 0 aliphatic carbocycles. The fourth-order valence-electron chi connectivity index (χ4n) is 1.70. The molecule has 0 saturated carbocycles. The number of carbonyl (C=O) groups excluding carboxylic acids is 1. The van der Waals surface area contributed by atoms with Gasteiger partial charge in [0, 0.05) is 12.5 Å². The predicted molar refractivity (Wildman–Crippen MR) is 67.1 cm³/mol. The van der Waals surface area contributed by atoms with Crippen LogP contribution in [-0.4, -0.2) is 5.91 Å². The lowest BCUT2D eigenvalue weighted by molar-refractivity contribution is -0.125. The molecular weight excluding hydrogens is 198 g/mol. The maximum atomic E-state index is 11.7. The van der Waals surface area contributed by atoms with Gasteiger partial charge in [0.15, 0.2) is 0 Å². The summed E-state index contributed by atoms with van der Waals surface area (Å²) in [4.78, 5) is 11.7. The number of hydrogen-bond donors (Lipinski definition) is 1. The van der Waals surface area contributed by atoms with Crippen LogP contribution in [0.15, 0.2) is 24.3 Å². The van der Waals surface area contributed by atoms with Crippen molar-refractivity contribution in [1.82, 2.24) is 5.32 Å². The molecule has 0 atom stereocenters. The van der Waals surface area contributed by atoms with Gasteiger partial charge in [0.2, 0.25) is 5.91 Å². The molecule has 0 heterocycles. The summed E-state index contributed by atoms with van der Waals surface area (Å²) >= 11 is 0. The predicted octanol–water partition coefficient (Wildman–Crippen LogP) is 3.05. The normalized spacial score (nSPS) is 10.5. The van der Waals surface area contributed by atoms with E-state index in [9.17, 15) is 4.79 Å². The van der Waals surface area contributed by atoms with Crippen LogP contribution in [-0.2, 0) is 11.3 Å². The number of benzene rings is 1. The molecule has 1 aromatic rings. The lowest BCUT2D eigenvalue weighted by Gasteiger charge is -2.12. The molecule has 0 bridgehead atoms. The van der Waals surface area contributed by atoms with Crippen molar-refractivity contribution in [2.45, 2.75) is 40.2 Å². The molecule has 0 spiro atoms. The number of nitrogens with one attached hydrogen (secondary N) is 1. The molecule has 0 radical (unpaired) electrons. The summed E-state index contributed by atoms with van der Waals surface area (Å²) < 4.78 is 0. The van der Waals surface area contributed by atoms with Crippen molar-refractivity contribution >= 4 is 5.91 Å². The third-order valence-electron chi connectivity index (χ3n) is 2.94. The molecule has 0 fully saturated rings. The second kappa shape index (κ2) is 6.31. The lowest BCUT2D eigenvalue weighted by Crippen LogP contribution is -2.29. The molecule has 0 aromatic heterocycles. The maximum absolute atomic E-state index is 11.7. The first-order chi connectivity index (χ1) is 7.67. The Morgan fingerprint density at radius 2 is 1.75 bits per heavy atom. The quantitative estimate of drug-likeness (QED) is 0.810. The monoisotopic (exact) mass is 219 g/mol. The van der Waals surface area contributed by atoms with Crippen LogP contribution in [0.2, 0.25) is 0 Å². The number of amides is 1. The van der Waals surface area contributed by atoms with Crippen molar-refractivity contribution in [3.05, 3.63) is 35.4 Å². The van der Waals surface area contributed by atoms with Gasteiger partial charge in [0.25, 0.3) is 0 Å². The van der Waals surface area contributed by atoms with Crippen molar-refractivity contribution in [2.75, 3.05) is 0 Å². The minimum absolute atomic E-state index is 0.158. The first kappa shape index (κ1) is 12.8. The van der Waals surface area contributed by atoms with E-state index in [0.29, 0.717) is 6.54 Å². The lowest BCUT2D eigenvalue weighted by atomic mass is 10.0. The van der Waals surface area contributed by atoms with Crippen LogP contribution in [0.5, 0.6) is 0 Å². The minimum Gasteiger partial charge on any atom is -0.352 e. The van der Waals surface area contributed by atoms with Crippen LogP contribution in [0.3, 0.4) is 0 Å².